The number of rotatable bonds is 0. The first-order valence-corrected chi connectivity index (χ1v) is 4.83. The molecule has 0 aromatic heterocycles. The van der Waals surface area contributed by atoms with Gasteiger partial charge >= 0.3 is 29.6 Å². The third-order valence-corrected chi connectivity index (χ3v) is 3.74. The molecule has 58 valence electrons. The molecule has 0 saturated heterocycles. The van der Waals surface area contributed by atoms with E-state index in [1.165, 1.54) is 21.4 Å². The Morgan fingerprint density at radius 3 is 1.82 bits per heavy atom. The van der Waals surface area contributed by atoms with Crippen molar-refractivity contribution in [3.8, 4) is 0 Å². The molecule has 1 unspecified atom stereocenters. The van der Waals surface area contributed by atoms with Gasteiger partial charge in [0, 0.05) is 10.2 Å². The number of hydrogen-bond acceptors (Lipinski definition) is 0. The van der Waals surface area contributed by atoms with E-state index in [2.05, 4.69) is 33.8 Å². The van der Waals surface area contributed by atoms with E-state index in [9.17, 15) is 0 Å². The van der Waals surface area contributed by atoms with Crippen molar-refractivity contribution in [1.82, 2.24) is 0 Å². The Kier molecular flexibility index (Phi) is 3.84. The molecule has 1 aliphatic rings. The average molecular weight is 176 g/mol. The Morgan fingerprint density at radius 1 is 1.27 bits per heavy atom. The normalized spacial score (nSPS) is 30.4. The predicted octanol–water partition coefficient (Wildman–Crippen LogP) is 1.18. The molecule has 0 fully saturated rings. The van der Waals surface area contributed by atoms with Crippen LogP contribution in [0.3, 0.4) is 0 Å². The summed E-state index contributed by atoms with van der Waals surface area (Å²) in [4.78, 5) is 0. The molecule has 0 heterocycles. The van der Waals surface area contributed by atoms with Crippen LogP contribution in [0.1, 0.15) is 27.7 Å². The molecular weight excluding hydrogens is 159 g/mol. The Bertz CT molecular complexity index is 224. The molecule has 0 saturated carbocycles. The van der Waals surface area contributed by atoms with Crippen LogP contribution >= 0.6 is 0 Å². The molecule has 0 spiro atoms. The van der Waals surface area contributed by atoms with E-state index < -0.39 is 0 Å². The van der Waals surface area contributed by atoms with E-state index in [0.717, 1.165) is 0 Å². The summed E-state index contributed by atoms with van der Waals surface area (Å²) in [6.45, 7) is 9.02. The maximum absolute atomic E-state index is 2.41. The van der Waals surface area contributed by atoms with Gasteiger partial charge in [-0.1, -0.05) is 24.1 Å². The number of hydrogen-bond donors (Lipinski definition) is 0. The van der Waals surface area contributed by atoms with Gasteiger partial charge in [0.05, 0.1) is 0 Å². The minimum atomic E-state index is 0. The second-order valence-corrected chi connectivity index (χ2v) is 5.88. The molecule has 1 atom stereocenters. The van der Waals surface area contributed by atoms with Crippen molar-refractivity contribution in [2.75, 3.05) is 0 Å². The van der Waals surface area contributed by atoms with Gasteiger partial charge < -0.3 is 0 Å². The van der Waals surface area contributed by atoms with Gasteiger partial charge in [0.25, 0.3) is 0 Å². The van der Waals surface area contributed by atoms with Crippen molar-refractivity contribution in [1.29, 1.82) is 0 Å². The first-order valence-electron chi connectivity index (χ1n) is 3.83. The minimum absolute atomic E-state index is 0. The third kappa shape index (κ3) is 2.09. The van der Waals surface area contributed by atoms with Gasteiger partial charge in [-0.15, -0.1) is 0 Å². The summed E-state index contributed by atoms with van der Waals surface area (Å²) < 4.78 is 0. The summed E-state index contributed by atoms with van der Waals surface area (Å²) in [6.07, 6.45) is 2.41. The Hall–Kier alpha value is 0.697. The molecule has 1 rings (SSSR count). The fourth-order valence-electron chi connectivity index (χ4n) is 1.54. The molecule has 0 radical (unpaired) electrons. The SMILES string of the molecule is CC1=CC(C)([SiH3])C(C)=C1C.[NaH]. The Balaban J connectivity index is 0.000001000. The van der Waals surface area contributed by atoms with Gasteiger partial charge in [0.15, 0.2) is 0 Å². The molecule has 0 aromatic rings. The van der Waals surface area contributed by atoms with E-state index in [1.807, 2.05) is 0 Å². The first kappa shape index (κ1) is 11.7. The summed E-state index contributed by atoms with van der Waals surface area (Å²) >= 11 is 0. The standard InChI is InChI=1S/C9H16Si.Na.H/c1-6-5-9(4,10)8(3)7(6)2;;/h5H,1-4,10H3;;. The van der Waals surface area contributed by atoms with Crippen LogP contribution in [0, 0.1) is 0 Å². The summed E-state index contributed by atoms with van der Waals surface area (Å²) in [7, 11) is 1.24. The Morgan fingerprint density at radius 2 is 1.73 bits per heavy atom. The van der Waals surface area contributed by atoms with Crippen LogP contribution < -0.4 is 0 Å². The molecule has 1 aliphatic carbocycles. The zero-order chi connectivity index (χ0) is 7.94. The molecule has 0 aromatic carbocycles. The summed E-state index contributed by atoms with van der Waals surface area (Å²) in [5.41, 5.74) is 4.57. The summed E-state index contributed by atoms with van der Waals surface area (Å²) in [6, 6.07) is 0. The summed E-state index contributed by atoms with van der Waals surface area (Å²) in [5, 5.41) is 0.453. The Labute approximate surface area is 94.9 Å². The van der Waals surface area contributed by atoms with E-state index in [1.54, 1.807) is 5.57 Å². The first-order chi connectivity index (χ1) is 4.45. The predicted molar refractivity (Wildman–Crippen MR) is 57.6 cm³/mol. The number of allylic oxidation sites excluding steroid dienone is 4. The van der Waals surface area contributed by atoms with Crippen molar-refractivity contribution in [2.24, 2.45) is 0 Å². The molecule has 0 amide bonds. The van der Waals surface area contributed by atoms with Crippen molar-refractivity contribution in [3.63, 3.8) is 0 Å². The molecular formula is C9H17NaSi. The van der Waals surface area contributed by atoms with Gasteiger partial charge in [-0.2, -0.15) is 0 Å². The molecule has 0 N–H and O–H groups in total. The van der Waals surface area contributed by atoms with Crippen LogP contribution in [0.15, 0.2) is 22.8 Å². The van der Waals surface area contributed by atoms with E-state index >= 15 is 0 Å². The van der Waals surface area contributed by atoms with Crippen LogP contribution in [-0.2, 0) is 0 Å². The van der Waals surface area contributed by atoms with Gasteiger partial charge in [-0.05, 0) is 31.4 Å². The average Bonchev–Trinajstić information content (AvgIpc) is 1.95. The molecule has 0 nitrogen and oxygen atoms in total. The molecule has 0 aliphatic heterocycles. The molecule has 0 bridgehead atoms. The molecule has 2 heteroatoms. The van der Waals surface area contributed by atoms with E-state index in [0.29, 0.717) is 5.04 Å². The van der Waals surface area contributed by atoms with Gasteiger partial charge in [-0.25, -0.2) is 0 Å². The quantitative estimate of drug-likeness (QED) is 0.486. The van der Waals surface area contributed by atoms with Crippen molar-refractivity contribution >= 4 is 39.8 Å². The summed E-state index contributed by atoms with van der Waals surface area (Å²) in [5.74, 6) is 0. The maximum atomic E-state index is 2.41. The third-order valence-electron chi connectivity index (χ3n) is 2.70. The second-order valence-electron chi connectivity index (χ2n) is 3.80. The fourth-order valence-corrected chi connectivity index (χ4v) is 2.34. The van der Waals surface area contributed by atoms with Crippen molar-refractivity contribution in [2.45, 2.75) is 32.7 Å². The van der Waals surface area contributed by atoms with Crippen LogP contribution in [0.4, 0.5) is 0 Å². The second kappa shape index (κ2) is 3.61. The monoisotopic (exact) mass is 176 g/mol. The van der Waals surface area contributed by atoms with Crippen LogP contribution in [0.5, 0.6) is 0 Å². The molecule has 11 heavy (non-hydrogen) atoms. The zero-order valence-corrected chi connectivity index (χ0v) is 9.58. The van der Waals surface area contributed by atoms with Crippen LogP contribution in [0.25, 0.3) is 0 Å². The fraction of sp³-hybridized carbons (Fsp3) is 0.556. The van der Waals surface area contributed by atoms with Gasteiger partial charge in [0.1, 0.15) is 0 Å². The topological polar surface area (TPSA) is 0 Å². The van der Waals surface area contributed by atoms with Crippen molar-refractivity contribution in [3.05, 3.63) is 22.8 Å². The van der Waals surface area contributed by atoms with Gasteiger partial charge in [-0.3, -0.25) is 0 Å². The van der Waals surface area contributed by atoms with Crippen LogP contribution in [-0.4, -0.2) is 39.8 Å². The van der Waals surface area contributed by atoms with Crippen LogP contribution in [0.2, 0.25) is 5.04 Å². The van der Waals surface area contributed by atoms with Gasteiger partial charge in [0.2, 0.25) is 0 Å². The van der Waals surface area contributed by atoms with E-state index in [4.69, 9.17) is 0 Å². The van der Waals surface area contributed by atoms with E-state index in [-0.39, 0.29) is 29.6 Å². The van der Waals surface area contributed by atoms with Crippen molar-refractivity contribution < 1.29 is 0 Å². The zero-order valence-electron chi connectivity index (χ0n) is 7.58.